The van der Waals surface area contributed by atoms with Gasteiger partial charge in [0, 0.05) is 6.92 Å². The van der Waals surface area contributed by atoms with Crippen molar-refractivity contribution in [1.82, 2.24) is 0 Å². The molecule has 0 saturated carbocycles. The van der Waals surface area contributed by atoms with Crippen LogP contribution in [-0.2, 0) is 8.58 Å². The van der Waals surface area contributed by atoms with Crippen LogP contribution >= 0.6 is 0 Å². The SMILES string of the molecule is [CH3][AlH][O]C(C)=O. The van der Waals surface area contributed by atoms with Gasteiger partial charge in [-0.2, -0.15) is 0 Å². The molecule has 0 aromatic carbocycles. The molecule has 0 aliphatic carbocycles. The Labute approximate surface area is 43.5 Å². The minimum atomic E-state index is -0.483. The lowest BCUT2D eigenvalue weighted by atomic mass is 10.9. The van der Waals surface area contributed by atoms with E-state index in [4.69, 9.17) is 0 Å². The van der Waals surface area contributed by atoms with Crippen LogP contribution in [0.2, 0.25) is 5.79 Å². The van der Waals surface area contributed by atoms with Crippen molar-refractivity contribution < 1.29 is 8.58 Å². The van der Waals surface area contributed by atoms with Crippen LogP contribution < -0.4 is 0 Å². The van der Waals surface area contributed by atoms with E-state index in [0.717, 1.165) is 0 Å². The maximum Gasteiger partial charge on any atom is 0.520 e. The van der Waals surface area contributed by atoms with E-state index in [1.807, 2.05) is 5.79 Å². The molecule has 0 rings (SSSR count). The molecule has 0 unspecified atom stereocenters. The summed E-state index contributed by atoms with van der Waals surface area (Å²) in [6.45, 7) is 1.43. The Kier molecular flexibility index (Phi) is 3.20. The summed E-state index contributed by atoms with van der Waals surface area (Å²) in [5, 5.41) is 0. The highest BCUT2D eigenvalue weighted by molar-refractivity contribution is 6.28. The van der Waals surface area contributed by atoms with Crippen molar-refractivity contribution >= 4 is 21.5 Å². The molecule has 3 heteroatoms. The molecule has 0 radical (unpaired) electrons. The van der Waals surface area contributed by atoms with Crippen molar-refractivity contribution in [2.75, 3.05) is 0 Å². The topological polar surface area (TPSA) is 26.3 Å². The van der Waals surface area contributed by atoms with Gasteiger partial charge in [-0.3, -0.25) is 4.79 Å². The molecule has 0 fully saturated rings. The number of hydrogen-bond donors (Lipinski definition) is 0. The Morgan fingerprint density at radius 2 is 2.33 bits per heavy atom. The fourth-order valence-electron chi connectivity index (χ4n) is 0.203. The average molecular weight is 102 g/mol. The summed E-state index contributed by atoms with van der Waals surface area (Å²) in [7, 11) is 0. The number of rotatable bonds is 1. The lowest BCUT2D eigenvalue weighted by Crippen LogP contribution is -1.98. The normalized spacial score (nSPS) is 7.00. The summed E-state index contributed by atoms with van der Waals surface area (Å²) in [5.74, 6) is 1.77. The molecule has 0 heterocycles. The maximum atomic E-state index is 9.86. The maximum absolute atomic E-state index is 9.86. The molecule has 0 saturated heterocycles. The molecule has 0 amide bonds. The lowest BCUT2D eigenvalue weighted by molar-refractivity contribution is -0.131. The Morgan fingerprint density at radius 1 is 1.83 bits per heavy atom. The van der Waals surface area contributed by atoms with Gasteiger partial charge in [0.05, 0.1) is 0 Å². The summed E-state index contributed by atoms with van der Waals surface area (Å²) >= 11 is -0.483. The van der Waals surface area contributed by atoms with Gasteiger partial charge in [0.15, 0.2) is 0 Å². The minimum Gasteiger partial charge on any atom is -0.619 e. The smallest absolute Gasteiger partial charge is 0.520 e. The zero-order valence-electron chi connectivity index (χ0n) is 4.02. The Hall–Kier alpha value is 0.00247. The Morgan fingerprint density at radius 3 is 2.33 bits per heavy atom. The first-order valence-electron chi connectivity index (χ1n) is 1.90. The lowest BCUT2D eigenvalue weighted by Gasteiger charge is -1.90. The van der Waals surface area contributed by atoms with E-state index in [-0.39, 0.29) is 5.97 Å². The zero-order chi connectivity index (χ0) is 4.99. The molecule has 0 bridgehead atoms. The van der Waals surface area contributed by atoms with Gasteiger partial charge in [-0.15, -0.1) is 0 Å². The third-order valence-corrected chi connectivity index (χ3v) is 1.04. The van der Waals surface area contributed by atoms with Crippen molar-refractivity contribution in [2.24, 2.45) is 0 Å². The second kappa shape index (κ2) is 3.20. The van der Waals surface area contributed by atoms with Crippen molar-refractivity contribution in [2.45, 2.75) is 12.7 Å². The predicted molar refractivity (Wildman–Crippen MR) is 24.8 cm³/mol. The van der Waals surface area contributed by atoms with Gasteiger partial charge >= 0.3 is 15.6 Å². The molecule has 0 aromatic rings. The fraction of sp³-hybridized carbons (Fsp3) is 0.667. The number of carbonyl (C=O) groups is 1. The summed E-state index contributed by atoms with van der Waals surface area (Å²) in [4.78, 5) is 9.86. The van der Waals surface area contributed by atoms with Crippen molar-refractivity contribution in [3.63, 3.8) is 0 Å². The van der Waals surface area contributed by atoms with Crippen LogP contribution in [0.3, 0.4) is 0 Å². The van der Waals surface area contributed by atoms with Gasteiger partial charge in [-0.05, 0) is 0 Å². The molecule has 0 atom stereocenters. The van der Waals surface area contributed by atoms with Crippen LogP contribution in [0.25, 0.3) is 0 Å². The first-order chi connectivity index (χ1) is 2.77. The average Bonchev–Trinajstić information content (AvgIpc) is 1.35. The van der Waals surface area contributed by atoms with Crippen molar-refractivity contribution in [3.05, 3.63) is 0 Å². The van der Waals surface area contributed by atoms with E-state index in [0.29, 0.717) is 0 Å². The Bertz CT molecular complexity index is 52.8. The second-order valence-corrected chi connectivity index (χ2v) is 1.79. The first-order valence-corrected chi connectivity index (χ1v) is 3.90. The molecule has 0 aliphatic heterocycles. The summed E-state index contributed by atoms with van der Waals surface area (Å²) in [6, 6.07) is 0. The highest BCUT2D eigenvalue weighted by Crippen LogP contribution is 1.67. The number of hydrogen-bond acceptors (Lipinski definition) is 2. The van der Waals surface area contributed by atoms with E-state index in [9.17, 15) is 4.79 Å². The predicted octanol–water partition coefficient (Wildman–Crippen LogP) is -0.0509. The van der Waals surface area contributed by atoms with Crippen LogP contribution in [0.15, 0.2) is 0 Å². The van der Waals surface area contributed by atoms with E-state index in [1.54, 1.807) is 0 Å². The fourth-order valence-corrected chi connectivity index (χ4v) is 0.610. The van der Waals surface area contributed by atoms with E-state index < -0.39 is 15.6 Å². The largest absolute Gasteiger partial charge is 0.619 e. The van der Waals surface area contributed by atoms with Gasteiger partial charge in [-0.25, -0.2) is 0 Å². The van der Waals surface area contributed by atoms with Crippen LogP contribution in [0.4, 0.5) is 0 Å². The quantitative estimate of drug-likeness (QED) is 0.434. The van der Waals surface area contributed by atoms with E-state index >= 15 is 0 Å². The molecule has 2 nitrogen and oxygen atoms in total. The summed E-state index contributed by atoms with van der Waals surface area (Å²) in [6.07, 6.45) is 0. The summed E-state index contributed by atoms with van der Waals surface area (Å²) in [5.41, 5.74) is 0. The van der Waals surface area contributed by atoms with Crippen LogP contribution in [0.5, 0.6) is 0 Å². The van der Waals surface area contributed by atoms with Gasteiger partial charge in [0.1, 0.15) is 0 Å². The molecular weight excluding hydrogens is 95.0 g/mol. The highest BCUT2D eigenvalue weighted by Gasteiger charge is 1.86. The molecule has 34 valence electrons. The monoisotopic (exact) mass is 102 g/mol. The summed E-state index contributed by atoms with van der Waals surface area (Å²) < 4.78 is 4.54. The second-order valence-electron chi connectivity index (χ2n) is 0.925. The molecule has 0 N–H and O–H groups in total. The standard InChI is InChI=1S/C2H4O2.CH3.Al.H/c1-2(3)4;;;/h1H3,(H,3,4);1H3;;/q;;+1;/p-1. The van der Waals surface area contributed by atoms with E-state index in [2.05, 4.69) is 3.79 Å². The van der Waals surface area contributed by atoms with Gasteiger partial charge in [-0.1, -0.05) is 5.79 Å². The van der Waals surface area contributed by atoms with Crippen molar-refractivity contribution in [1.29, 1.82) is 0 Å². The Balaban J connectivity index is 2.83. The van der Waals surface area contributed by atoms with E-state index in [1.165, 1.54) is 6.92 Å². The third-order valence-electron chi connectivity index (χ3n) is 0.348. The highest BCUT2D eigenvalue weighted by atomic mass is 27.1. The number of carbonyl (C=O) groups excluding carboxylic acids is 1. The van der Waals surface area contributed by atoms with Gasteiger partial charge in [0.2, 0.25) is 0 Å². The molecule has 0 aliphatic rings. The van der Waals surface area contributed by atoms with Gasteiger partial charge in [0.25, 0.3) is 5.97 Å². The third kappa shape index (κ3) is 4.00. The van der Waals surface area contributed by atoms with Crippen LogP contribution in [0.1, 0.15) is 6.92 Å². The molecule has 6 heavy (non-hydrogen) atoms. The zero-order valence-corrected chi connectivity index (χ0v) is 5.44. The van der Waals surface area contributed by atoms with Gasteiger partial charge < -0.3 is 3.79 Å². The van der Waals surface area contributed by atoms with Crippen molar-refractivity contribution in [3.8, 4) is 0 Å². The first kappa shape index (κ1) is 6.00. The molecular formula is C3H7AlO2. The minimum absolute atomic E-state index is 0.149. The molecule has 0 aromatic heterocycles. The molecule has 0 spiro atoms. The van der Waals surface area contributed by atoms with Crippen LogP contribution in [-0.4, -0.2) is 21.5 Å². The van der Waals surface area contributed by atoms with Crippen LogP contribution in [0, 0.1) is 0 Å².